The largest absolute Gasteiger partial charge is 0.457 e. The molecule has 0 aliphatic heterocycles. The van der Waals surface area contributed by atoms with Crippen LogP contribution in [0.5, 0.6) is 11.5 Å². The standard InChI is InChI=1S/C29H30N2O2/c32-29(28-27(22-8-9-22)17-14-24-18-30-19-31(24)28)23-10-6-20(7-11-23)21-12-15-26(16-13-21)33-25-4-2-1-3-5-25/h1-5,12-20,22-23,29,32H,6-11H2/t20-,23-,29-/m0/s1. The van der Waals surface area contributed by atoms with Crippen LogP contribution in [0.15, 0.2) is 79.3 Å². The number of imidazole rings is 1. The van der Waals surface area contributed by atoms with Gasteiger partial charge in [-0.2, -0.15) is 0 Å². The first-order valence-electron chi connectivity index (χ1n) is 12.2. The molecule has 4 heteroatoms. The predicted molar refractivity (Wildman–Crippen MR) is 130 cm³/mol. The van der Waals surface area contributed by atoms with Gasteiger partial charge in [-0.25, -0.2) is 4.98 Å². The number of aliphatic hydroxyl groups excluding tert-OH is 1. The molecule has 2 heterocycles. The molecule has 2 fully saturated rings. The molecule has 6 rings (SSSR count). The maximum atomic E-state index is 11.5. The Morgan fingerprint density at radius 1 is 0.788 bits per heavy atom. The lowest BCUT2D eigenvalue weighted by molar-refractivity contribution is 0.0754. The lowest BCUT2D eigenvalue weighted by atomic mass is 9.75. The van der Waals surface area contributed by atoms with Crippen LogP contribution in [0.1, 0.15) is 73.3 Å². The van der Waals surface area contributed by atoms with Crippen LogP contribution in [0.3, 0.4) is 0 Å². The molecule has 0 saturated heterocycles. The van der Waals surface area contributed by atoms with Gasteiger partial charge in [-0.05, 0) is 97.7 Å². The van der Waals surface area contributed by atoms with Crippen LogP contribution in [0.4, 0.5) is 0 Å². The van der Waals surface area contributed by atoms with E-state index >= 15 is 0 Å². The molecule has 168 valence electrons. The molecule has 0 radical (unpaired) electrons. The third kappa shape index (κ3) is 4.16. The van der Waals surface area contributed by atoms with E-state index in [1.165, 1.54) is 24.0 Å². The van der Waals surface area contributed by atoms with Crippen LogP contribution in [-0.4, -0.2) is 14.5 Å². The Balaban J connectivity index is 1.14. The zero-order valence-corrected chi connectivity index (χ0v) is 18.8. The number of hydrogen-bond donors (Lipinski definition) is 1. The molecule has 4 nitrogen and oxygen atoms in total. The molecule has 2 aromatic carbocycles. The third-order valence-corrected chi connectivity index (χ3v) is 7.50. The summed E-state index contributed by atoms with van der Waals surface area (Å²) in [5, 5.41) is 11.5. The van der Waals surface area contributed by atoms with E-state index in [0.717, 1.165) is 48.4 Å². The van der Waals surface area contributed by atoms with Gasteiger partial charge in [0, 0.05) is 0 Å². The Kier molecular flexibility index (Phi) is 5.39. The lowest BCUT2D eigenvalue weighted by Gasteiger charge is -2.33. The summed E-state index contributed by atoms with van der Waals surface area (Å²) in [5.41, 5.74) is 4.85. The fourth-order valence-corrected chi connectivity index (χ4v) is 5.51. The van der Waals surface area contributed by atoms with Gasteiger partial charge in [-0.3, -0.25) is 0 Å². The van der Waals surface area contributed by atoms with Gasteiger partial charge >= 0.3 is 0 Å². The SMILES string of the molecule is O[C@H](c1c(C2CC2)ccc2cncn12)[C@H]1CC[C@H](c2ccc(Oc3ccccc3)cc2)CC1. The van der Waals surface area contributed by atoms with Gasteiger partial charge in [-0.1, -0.05) is 36.4 Å². The molecule has 2 saturated carbocycles. The van der Waals surface area contributed by atoms with Crippen molar-refractivity contribution >= 4 is 5.52 Å². The molecule has 4 aromatic rings. The van der Waals surface area contributed by atoms with Crippen molar-refractivity contribution in [2.45, 2.75) is 56.5 Å². The first kappa shape index (κ1) is 20.5. The van der Waals surface area contributed by atoms with E-state index in [1.807, 2.05) is 42.9 Å². The van der Waals surface area contributed by atoms with Gasteiger partial charge in [0.2, 0.25) is 0 Å². The number of aliphatic hydroxyl groups is 1. The van der Waals surface area contributed by atoms with Gasteiger partial charge in [-0.15, -0.1) is 0 Å². The van der Waals surface area contributed by atoms with Crippen molar-refractivity contribution < 1.29 is 9.84 Å². The van der Waals surface area contributed by atoms with E-state index in [9.17, 15) is 5.11 Å². The molecule has 0 amide bonds. The lowest BCUT2D eigenvalue weighted by Crippen LogP contribution is -2.22. The summed E-state index contributed by atoms with van der Waals surface area (Å²) >= 11 is 0. The molecule has 0 bridgehead atoms. The topological polar surface area (TPSA) is 46.8 Å². The third-order valence-electron chi connectivity index (χ3n) is 7.50. The Labute approximate surface area is 194 Å². The second-order valence-electron chi connectivity index (χ2n) is 9.68. The minimum Gasteiger partial charge on any atom is -0.457 e. The van der Waals surface area contributed by atoms with Crippen LogP contribution in [0.25, 0.3) is 5.52 Å². The number of ether oxygens (including phenoxy) is 1. The smallest absolute Gasteiger partial charge is 0.127 e. The Hall–Kier alpha value is -3.11. The maximum Gasteiger partial charge on any atom is 0.127 e. The highest BCUT2D eigenvalue weighted by Gasteiger charge is 2.34. The van der Waals surface area contributed by atoms with E-state index in [4.69, 9.17) is 4.74 Å². The van der Waals surface area contributed by atoms with Crippen molar-refractivity contribution in [1.82, 2.24) is 9.38 Å². The molecular formula is C29H30N2O2. The van der Waals surface area contributed by atoms with Gasteiger partial charge in [0.25, 0.3) is 0 Å². The minimum absolute atomic E-state index is 0.299. The van der Waals surface area contributed by atoms with Crippen LogP contribution in [0, 0.1) is 5.92 Å². The average Bonchev–Trinajstić information content (AvgIpc) is 3.60. The molecule has 2 aliphatic rings. The molecule has 0 spiro atoms. The van der Waals surface area contributed by atoms with Gasteiger partial charge in [0.1, 0.15) is 11.5 Å². The number of benzene rings is 2. The summed E-state index contributed by atoms with van der Waals surface area (Å²) in [6, 6.07) is 22.8. The molecule has 1 atom stereocenters. The fraction of sp³-hybridized carbons (Fsp3) is 0.345. The van der Waals surface area contributed by atoms with Crippen molar-refractivity contribution in [2.75, 3.05) is 0 Å². The van der Waals surface area contributed by atoms with Crippen LogP contribution in [-0.2, 0) is 0 Å². The van der Waals surface area contributed by atoms with E-state index in [2.05, 4.69) is 45.8 Å². The fourth-order valence-electron chi connectivity index (χ4n) is 5.51. The Morgan fingerprint density at radius 3 is 2.21 bits per heavy atom. The van der Waals surface area contributed by atoms with Crippen molar-refractivity contribution in [2.24, 2.45) is 5.92 Å². The van der Waals surface area contributed by atoms with Crippen LogP contribution in [0.2, 0.25) is 0 Å². The number of nitrogens with zero attached hydrogens (tertiary/aromatic N) is 2. The van der Waals surface area contributed by atoms with Gasteiger partial charge in [0.15, 0.2) is 0 Å². The average molecular weight is 439 g/mol. The van der Waals surface area contributed by atoms with E-state index in [0.29, 0.717) is 17.8 Å². The highest BCUT2D eigenvalue weighted by Crippen LogP contribution is 2.47. The van der Waals surface area contributed by atoms with E-state index < -0.39 is 6.10 Å². The number of hydrogen-bond acceptors (Lipinski definition) is 3. The van der Waals surface area contributed by atoms with Crippen molar-refractivity contribution in [3.63, 3.8) is 0 Å². The number of pyridine rings is 1. The molecule has 1 N–H and O–H groups in total. The summed E-state index contributed by atoms with van der Waals surface area (Å²) in [6.07, 6.45) is 10.1. The summed E-state index contributed by atoms with van der Waals surface area (Å²) in [6.45, 7) is 0. The highest BCUT2D eigenvalue weighted by atomic mass is 16.5. The second-order valence-corrected chi connectivity index (χ2v) is 9.68. The van der Waals surface area contributed by atoms with Crippen molar-refractivity contribution in [1.29, 1.82) is 0 Å². The number of aromatic nitrogens is 2. The zero-order valence-electron chi connectivity index (χ0n) is 18.8. The first-order chi connectivity index (χ1) is 16.3. The maximum absolute atomic E-state index is 11.5. The monoisotopic (exact) mass is 438 g/mol. The highest BCUT2D eigenvalue weighted by molar-refractivity contribution is 5.50. The first-order valence-corrected chi connectivity index (χ1v) is 12.2. The zero-order chi connectivity index (χ0) is 22.2. The van der Waals surface area contributed by atoms with Gasteiger partial charge in [0.05, 0.1) is 29.8 Å². The van der Waals surface area contributed by atoms with E-state index in [1.54, 1.807) is 0 Å². The summed E-state index contributed by atoms with van der Waals surface area (Å²) in [5.74, 6) is 3.18. The van der Waals surface area contributed by atoms with Crippen molar-refractivity contribution in [3.05, 3.63) is 96.1 Å². The molecule has 0 unspecified atom stereocenters. The van der Waals surface area contributed by atoms with Crippen LogP contribution < -0.4 is 4.74 Å². The van der Waals surface area contributed by atoms with Crippen molar-refractivity contribution in [3.8, 4) is 11.5 Å². The predicted octanol–water partition coefficient (Wildman–Crippen LogP) is 7.01. The molecule has 2 aromatic heterocycles. The number of rotatable bonds is 6. The molecule has 2 aliphatic carbocycles. The summed E-state index contributed by atoms with van der Waals surface area (Å²) in [4.78, 5) is 4.34. The number of fused-ring (bicyclic) bond motifs is 1. The normalized spacial score (nSPS) is 21.7. The summed E-state index contributed by atoms with van der Waals surface area (Å²) in [7, 11) is 0. The molecule has 33 heavy (non-hydrogen) atoms. The van der Waals surface area contributed by atoms with Gasteiger partial charge < -0.3 is 14.2 Å². The number of para-hydroxylation sites is 1. The van der Waals surface area contributed by atoms with Crippen LogP contribution >= 0.6 is 0 Å². The molecular weight excluding hydrogens is 408 g/mol. The quantitative estimate of drug-likeness (QED) is 0.352. The minimum atomic E-state index is -0.430. The second kappa shape index (κ2) is 8.68. The van der Waals surface area contributed by atoms with E-state index in [-0.39, 0.29) is 0 Å². The summed E-state index contributed by atoms with van der Waals surface area (Å²) < 4.78 is 8.06. The Bertz CT molecular complexity index is 1220. The Morgan fingerprint density at radius 2 is 1.48 bits per heavy atom.